The van der Waals surface area contributed by atoms with E-state index in [4.69, 9.17) is 4.74 Å². The molecule has 1 aromatic carbocycles. The smallest absolute Gasteiger partial charge is 0.254 e. The van der Waals surface area contributed by atoms with E-state index in [0.29, 0.717) is 18.9 Å². The van der Waals surface area contributed by atoms with E-state index in [1.165, 1.54) is 0 Å². The van der Waals surface area contributed by atoms with Crippen molar-refractivity contribution >= 4 is 0 Å². The molecule has 1 fully saturated rings. The molecule has 1 aliphatic rings. The van der Waals surface area contributed by atoms with Crippen LogP contribution in [0.2, 0.25) is 0 Å². The van der Waals surface area contributed by atoms with E-state index in [1.54, 1.807) is 16.8 Å². The molecule has 0 unspecified atom stereocenters. The van der Waals surface area contributed by atoms with Crippen LogP contribution < -0.4 is 10.3 Å². The third-order valence-corrected chi connectivity index (χ3v) is 6.06. The molecule has 4 rings (SSSR count). The van der Waals surface area contributed by atoms with E-state index in [0.717, 1.165) is 55.7 Å². The lowest BCUT2D eigenvalue weighted by atomic mass is 9.94. The summed E-state index contributed by atoms with van der Waals surface area (Å²) in [6, 6.07) is 17.4. The Morgan fingerprint density at radius 1 is 1.06 bits per heavy atom. The van der Waals surface area contributed by atoms with Crippen LogP contribution >= 0.6 is 0 Å². The molecule has 1 aliphatic heterocycles. The maximum absolute atomic E-state index is 12.4. The minimum atomic E-state index is -0.530. The van der Waals surface area contributed by atoms with Crippen LogP contribution in [0.4, 0.5) is 0 Å². The van der Waals surface area contributed by atoms with Gasteiger partial charge in [0.2, 0.25) is 0 Å². The highest BCUT2D eigenvalue weighted by Gasteiger charge is 2.27. The number of hydrogen-bond acceptors (Lipinski definition) is 5. The molecule has 0 bridgehead atoms. The first-order chi connectivity index (χ1) is 15.5. The van der Waals surface area contributed by atoms with E-state index in [2.05, 4.69) is 22.0 Å². The SMILES string of the molecule is CC1(O)CCN(Cc2ccc(CCn3ccc(OCc4ccccc4)cc3=O)cn2)CC1. The van der Waals surface area contributed by atoms with E-state index in [9.17, 15) is 9.90 Å². The van der Waals surface area contributed by atoms with Gasteiger partial charge in [-0.05, 0) is 49.4 Å². The number of pyridine rings is 2. The lowest BCUT2D eigenvalue weighted by Crippen LogP contribution is -2.42. The zero-order valence-electron chi connectivity index (χ0n) is 18.6. The van der Waals surface area contributed by atoms with Crippen molar-refractivity contribution in [2.24, 2.45) is 0 Å². The number of benzene rings is 1. The second-order valence-electron chi connectivity index (χ2n) is 8.85. The van der Waals surface area contributed by atoms with Gasteiger partial charge in [-0.2, -0.15) is 0 Å². The molecule has 6 heteroatoms. The third-order valence-electron chi connectivity index (χ3n) is 6.06. The third kappa shape index (κ3) is 6.28. The zero-order chi connectivity index (χ0) is 22.4. The fraction of sp³-hybridized carbons (Fsp3) is 0.385. The molecule has 168 valence electrons. The molecule has 0 saturated carbocycles. The normalized spacial score (nSPS) is 16.1. The van der Waals surface area contributed by atoms with E-state index in [-0.39, 0.29) is 5.56 Å². The van der Waals surface area contributed by atoms with Crippen molar-refractivity contribution < 1.29 is 9.84 Å². The summed E-state index contributed by atoms with van der Waals surface area (Å²) in [5.74, 6) is 0.584. The van der Waals surface area contributed by atoms with Crippen LogP contribution in [-0.4, -0.2) is 38.2 Å². The fourth-order valence-electron chi connectivity index (χ4n) is 3.87. The predicted octanol–water partition coefficient (Wildman–Crippen LogP) is 3.41. The molecule has 6 nitrogen and oxygen atoms in total. The maximum Gasteiger partial charge on any atom is 0.254 e. The molecule has 3 aromatic rings. The number of hydrogen-bond donors (Lipinski definition) is 1. The first-order valence-corrected chi connectivity index (χ1v) is 11.2. The van der Waals surface area contributed by atoms with Gasteiger partial charge in [0, 0.05) is 44.6 Å². The van der Waals surface area contributed by atoms with Crippen molar-refractivity contribution in [1.82, 2.24) is 14.5 Å². The highest BCUT2D eigenvalue weighted by atomic mass is 16.5. The quantitative estimate of drug-likeness (QED) is 0.590. The summed E-state index contributed by atoms with van der Waals surface area (Å²) >= 11 is 0. The minimum absolute atomic E-state index is 0.0684. The summed E-state index contributed by atoms with van der Waals surface area (Å²) < 4.78 is 7.43. The van der Waals surface area contributed by atoms with Gasteiger partial charge < -0.3 is 14.4 Å². The average molecular weight is 434 g/mol. The van der Waals surface area contributed by atoms with Gasteiger partial charge in [-0.3, -0.25) is 14.7 Å². The number of aliphatic hydroxyl groups is 1. The predicted molar refractivity (Wildman–Crippen MR) is 125 cm³/mol. The Hall–Kier alpha value is -2.96. The molecule has 0 aliphatic carbocycles. The number of nitrogens with zero attached hydrogens (tertiary/aromatic N) is 3. The molecule has 0 spiro atoms. The first-order valence-electron chi connectivity index (χ1n) is 11.2. The van der Waals surface area contributed by atoms with Gasteiger partial charge in [-0.15, -0.1) is 0 Å². The molecule has 2 aromatic heterocycles. The summed E-state index contributed by atoms with van der Waals surface area (Å²) in [6.07, 6.45) is 6.03. The lowest BCUT2D eigenvalue weighted by molar-refractivity contribution is -0.00757. The van der Waals surface area contributed by atoms with Crippen molar-refractivity contribution in [2.45, 2.75) is 51.5 Å². The van der Waals surface area contributed by atoms with Crippen molar-refractivity contribution in [3.8, 4) is 5.75 Å². The molecular formula is C26H31N3O3. The standard InChI is InChI=1S/C26H31N3O3/c1-26(31)11-15-28(16-12-26)19-23-8-7-21(18-27-23)9-13-29-14-10-24(17-25(29)30)32-20-22-5-3-2-4-6-22/h2-8,10,14,17-18,31H,9,11-13,15-16,19-20H2,1H3. The average Bonchev–Trinajstić information content (AvgIpc) is 2.80. The summed E-state index contributed by atoms with van der Waals surface area (Å²) in [6.45, 7) is 5.54. The van der Waals surface area contributed by atoms with Crippen LogP contribution in [0.15, 0.2) is 71.8 Å². The minimum Gasteiger partial charge on any atom is -0.489 e. The highest BCUT2D eigenvalue weighted by molar-refractivity contribution is 5.20. The largest absolute Gasteiger partial charge is 0.489 e. The van der Waals surface area contributed by atoms with Crippen LogP contribution in [0, 0.1) is 0 Å². The molecule has 0 atom stereocenters. The monoisotopic (exact) mass is 433 g/mol. The molecule has 0 amide bonds. The summed E-state index contributed by atoms with van der Waals surface area (Å²) in [4.78, 5) is 19.4. The Morgan fingerprint density at radius 2 is 1.84 bits per heavy atom. The van der Waals surface area contributed by atoms with Gasteiger partial charge in [0.25, 0.3) is 5.56 Å². The van der Waals surface area contributed by atoms with E-state index >= 15 is 0 Å². The Morgan fingerprint density at radius 3 is 2.53 bits per heavy atom. The van der Waals surface area contributed by atoms with Crippen molar-refractivity contribution in [1.29, 1.82) is 0 Å². The topological polar surface area (TPSA) is 67.6 Å². The second-order valence-corrected chi connectivity index (χ2v) is 8.85. The summed E-state index contributed by atoms with van der Waals surface area (Å²) in [5.41, 5.74) is 2.61. The van der Waals surface area contributed by atoms with Gasteiger partial charge in [0.15, 0.2) is 0 Å². The Bertz CT molecular complexity index is 1050. The van der Waals surface area contributed by atoms with Gasteiger partial charge in [0.1, 0.15) is 12.4 Å². The number of aryl methyl sites for hydroxylation is 2. The van der Waals surface area contributed by atoms with Crippen LogP contribution in [0.25, 0.3) is 0 Å². The van der Waals surface area contributed by atoms with Crippen molar-refractivity contribution in [3.63, 3.8) is 0 Å². The van der Waals surface area contributed by atoms with Crippen molar-refractivity contribution in [3.05, 3.63) is 94.2 Å². The van der Waals surface area contributed by atoms with Crippen LogP contribution in [0.1, 0.15) is 36.6 Å². The van der Waals surface area contributed by atoms with Gasteiger partial charge in [-0.1, -0.05) is 36.4 Å². The zero-order valence-corrected chi connectivity index (χ0v) is 18.6. The highest BCUT2D eigenvalue weighted by Crippen LogP contribution is 2.22. The molecule has 32 heavy (non-hydrogen) atoms. The summed E-state index contributed by atoms with van der Waals surface area (Å²) in [7, 11) is 0. The molecule has 1 N–H and O–H groups in total. The number of aromatic nitrogens is 2. The number of likely N-dealkylation sites (tertiary alicyclic amines) is 1. The van der Waals surface area contributed by atoms with Gasteiger partial charge in [-0.25, -0.2) is 0 Å². The number of ether oxygens (including phenoxy) is 1. The van der Waals surface area contributed by atoms with Crippen molar-refractivity contribution in [2.75, 3.05) is 13.1 Å². The molecule has 0 radical (unpaired) electrons. The van der Waals surface area contributed by atoms with Crippen LogP contribution in [-0.2, 0) is 26.1 Å². The van der Waals surface area contributed by atoms with Gasteiger partial charge in [0.05, 0.1) is 11.3 Å². The summed E-state index contributed by atoms with van der Waals surface area (Å²) in [5, 5.41) is 10.1. The van der Waals surface area contributed by atoms with Gasteiger partial charge >= 0.3 is 0 Å². The van der Waals surface area contributed by atoms with Crippen LogP contribution in [0.3, 0.4) is 0 Å². The lowest BCUT2D eigenvalue weighted by Gasteiger charge is -2.35. The fourth-order valence-corrected chi connectivity index (χ4v) is 3.87. The number of piperidine rings is 1. The van der Waals surface area contributed by atoms with Crippen LogP contribution in [0.5, 0.6) is 5.75 Å². The molecule has 3 heterocycles. The Kier molecular flexibility index (Phi) is 7.02. The second kappa shape index (κ2) is 10.1. The molecular weight excluding hydrogens is 402 g/mol. The Labute approximate surface area is 189 Å². The molecule has 1 saturated heterocycles. The van der Waals surface area contributed by atoms with E-state index in [1.807, 2.05) is 49.5 Å². The van der Waals surface area contributed by atoms with E-state index < -0.39 is 5.60 Å². The number of rotatable bonds is 8. The Balaban J connectivity index is 1.26. The maximum atomic E-state index is 12.4. The first kappa shape index (κ1) is 22.2.